The number of rotatable bonds is 5. The molecule has 2 aromatic carbocycles. The average Bonchev–Trinajstić information content (AvgIpc) is 2.53. The SMILES string of the molecule is CC(C)c1ccc(NC(=S)N(Cc2ccccc2)C(C)C)cc1. The first-order valence-electron chi connectivity index (χ1n) is 8.19. The topological polar surface area (TPSA) is 15.3 Å². The van der Waals surface area contributed by atoms with Crippen LogP contribution in [0.15, 0.2) is 54.6 Å². The standard InChI is InChI=1S/C20H26N2S/c1-15(2)18-10-12-19(13-11-18)21-20(23)22(16(3)4)14-17-8-6-5-7-9-17/h5-13,15-16H,14H2,1-4H3,(H,21,23). The third-order valence-electron chi connectivity index (χ3n) is 3.91. The van der Waals surface area contributed by atoms with Gasteiger partial charge in [-0.3, -0.25) is 0 Å². The van der Waals surface area contributed by atoms with Crippen molar-refractivity contribution in [3.63, 3.8) is 0 Å². The lowest BCUT2D eigenvalue weighted by Crippen LogP contribution is -2.39. The zero-order chi connectivity index (χ0) is 16.8. The molecule has 0 atom stereocenters. The summed E-state index contributed by atoms with van der Waals surface area (Å²) in [4.78, 5) is 2.21. The number of nitrogens with zero attached hydrogens (tertiary/aromatic N) is 1. The highest BCUT2D eigenvalue weighted by Gasteiger charge is 2.14. The summed E-state index contributed by atoms with van der Waals surface area (Å²) in [6, 6.07) is 19.3. The lowest BCUT2D eigenvalue weighted by Gasteiger charge is -2.30. The van der Waals surface area contributed by atoms with Crippen LogP contribution in [0.4, 0.5) is 5.69 Å². The Morgan fingerprint density at radius 1 is 0.957 bits per heavy atom. The maximum atomic E-state index is 5.63. The van der Waals surface area contributed by atoms with Gasteiger partial charge in [0.1, 0.15) is 0 Å². The molecule has 0 fully saturated rings. The molecular weight excluding hydrogens is 300 g/mol. The van der Waals surface area contributed by atoms with Gasteiger partial charge in [-0.05, 0) is 55.2 Å². The first-order chi connectivity index (χ1) is 11.0. The fourth-order valence-electron chi connectivity index (χ4n) is 2.42. The van der Waals surface area contributed by atoms with Crippen LogP contribution in [-0.4, -0.2) is 16.1 Å². The molecule has 3 heteroatoms. The minimum Gasteiger partial charge on any atom is -0.342 e. The molecule has 0 aromatic heterocycles. The Bertz CT molecular complexity index is 618. The molecule has 122 valence electrons. The van der Waals surface area contributed by atoms with Crippen molar-refractivity contribution in [1.82, 2.24) is 4.90 Å². The highest BCUT2D eigenvalue weighted by Crippen LogP contribution is 2.18. The zero-order valence-electron chi connectivity index (χ0n) is 14.4. The molecule has 0 aliphatic carbocycles. The average molecular weight is 327 g/mol. The van der Waals surface area contributed by atoms with Gasteiger partial charge in [-0.25, -0.2) is 0 Å². The molecule has 0 unspecified atom stereocenters. The molecule has 0 aliphatic rings. The summed E-state index contributed by atoms with van der Waals surface area (Å²) in [5, 5.41) is 4.13. The number of thiocarbonyl (C=S) groups is 1. The van der Waals surface area contributed by atoms with Crippen LogP contribution in [0.25, 0.3) is 0 Å². The van der Waals surface area contributed by atoms with Gasteiger partial charge in [0.15, 0.2) is 5.11 Å². The molecule has 0 bridgehead atoms. The molecule has 2 rings (SSSR count). The molecule has 2 aromatic rings. The molecular formula is C20H26N2S. The van der Waals surface area contributed by atoms with Crippen molar-refractivity contribution in [2.24, 2.45) is 0 Å². The Kier molecular flexibility index (Phi) is 6.17. The van der Waals surface area contributed by atoms with Crippen LogP contribution in [0.3, 0.4) is 0 Å². The van der Waals surface area contributed by atoms with Crippen molar-refractivity contribution in [3.05, 3.63) is 65.7 Å². The van der Waals surface area contributed by atoms with E-state index in [0.29, 0.717) is 12.0 Å². The predicted octanol–water partition coefficient (Wildman–Crippen LogP) is 5.42. The number of nitrogens with one attached hydrogen (secondary N) is 1. The minimum absolute atomic E-state index is 0.338. The van der Waals surface area contributed by atoms with Gasteiger partial charge < -0.3 is 10.2 Å². The molecule has 23 heavy (non-hydrogen) atoms. The van der Waals surface area contributed by atoms with E-state index in [4.69, 9.17) is 12.2 Å². The van der Waals surface area contributed by atoms with E-state index < -0.39 is 0 Å². The third kappa shape index (κ3) is 5.07. The summed E-state index contributed by atoms with van der Waals surface area (Å²) >= 11 is 5.63. The first kappa shape index (κ1) is 17.5. The molecule has 1 N–H and O–H groups in total. The Hall–Kier alpha value is -1.87. The van der Waals surface area contributed by atoms with Gasteiger partial charge in [0, 0.05) is 18.3 Å². The molecule has 0 saturated carbocycles. The lowest BCUT2D eigenvalue weighted by molar-refractivity contribution is 0.348. The number of anilines is 1. The predicted molar refractivity (Wildman–Crippen MR) is 104 cm³/mol. The normalized spacial score (nSPS) is 10.9. The van der Waals surface area contributed by atoms with Crippen LogP contribution < -0.4 is 5.32 Å². The Labute approximate surface area is 145 Å². The summed E-state index contributed by atoms with van der Waals surface area (Å²) in [6.07, 6.45) is 0. The minimum atomic E-state index is 0.338. The summed E-state index contributed by atoms with van der Waals surface area (Å²) < 4.78 is 0. The van der Waals surface area contributed by atoms with E-state index >= 15 is 0 Å². The van der Waals surface area contributed by atoms with Crippen LogP contribution in [0.5, 0.6) is 0 Å². The Balaban J connectivity index is 2.06. The highest BCUT2D eigenvalue weighted by atomic mass is 32.1. The second-order valence-electron chi connectivity index (χ2n) is 6.41. The van der Waals surface area contributed by atoms with Gasteiger partial charge in [-0.1, -0.05) is 56.3 Å². The van der Waals surface area contributed by atoms with Gasteiger partial charge in [0.25, 0.3) is 0 Å². The molecule has 0 amide bonds. The molecule has 0 saturated heterocycles. The van der Waals surface area contributed by atoms with E-state index in [9.17, 15) is 0 Å². The van der Waals surface area contributed by atoms with Crippen molar-refractivity contribution in [2.45, 2.75) is 46.2 Å². The largest absolute Gasteiger partial charge is 0.342 e. The van der Waals surface area contributed by atoms with E-state index in [1.165, 1.54) is 11.1 Å². The van der Waals surface area contributed by atoms with Crippen molar-refractivity contribution in [3.8, 4) is 0 Å². The van der Waals surface area contributed by atoms with E-state index in [0.717, 1.165) is 17.3 Å². The van der Waals surface area contributed by atoms with Gasteiger partial charge in [0.2, 0.25) is 0 Å². The van der Waals surface area contributed by atoms with Crippen LogP contribution in [0.2, 0.25) is 0 Å². The summed E-state index contributed by atoms with van der Waals surface area (Å²) in [5.74, 6) is 0.543. The number of hydrogen-bond donors (Lipinski definition) is 1. The van der Waals surface area contributed by atoms with Gasteiger partial charge in [0.05, 0.1) is 0 Å². The van der Waals surface area contributed by atoms with Gasteiger partial charge in [-0.2, -0.15) is 0 Å². The van der Waals surface area contributed by atoms with E-state index in [2.05, 4.69) is 86.4 Å². The lowest BCUT2D eigenvalue weighted by atomic mass is 10.0. The fraction of sp³-hybridized carbons (Fsp3) is 0.350. The summed E-state index contributed by atoms with van der Waals surface area (Å²) in [7, 11) is 0. The van der Waals surface area contributed by atoms with Crippen molar-refractivity contribution >= 4 is 23.0 Å². The van der Waals surface area contributed by atoms with E-state index in [1.54, 1.807) is 0 Å². The van der Waals surface area contributed by atoms with Gasteiger partial charge in [-0.15, -0.1) is 0 Å². The van der Waals surface area contributed by atoms with Crippen LogP contribution in [0.1, 0.15) is 44.7 Å². The van der Waals surface area contributed by atoms with Crippen molar-refractivity contribution in [1.29, 1.82) is 0 Å². The summed E-state index contributed by atoms with van der Waals surface area (Å²) in [6.45, 7) is 9.55. The highest BCUT2D eigenvalue weighted by molar-refractivity contribution is 7.80. The molecule has 0 heterocycles. The molecule has 0 spiro atoms. The van der Waals surface area contributed by atoms with Crippen LogP contribution in [0, 0.1) is 0 Å². The monoisotopic (exact) mass is 326 g/mol. The first-order valence-corrected chi connectivity index (χ1v) is 8.59. The Morgan fingerprint density at radius 2 is 1.57 bits per heavy atom. The zero-order valence-corrected chi connectivity index (χ0v) is 15.2. The molecule has 0 radical (unpaired) electrons. The fourth-order valence-corrected chi connectivity index (χ4v) is 2.81. The molecule has 2 nitrogen and oxygen atoms in total. The number of benzene rings is 2. The van der Waals surface area contributed by atoms with Gasteiger partial charge >= 0.3 is 0 Å². The quantitative estimate of drug-likeness (QED) is 0.739. The molecule has 0 aliphatic heterocycles. The smallest absolute Gasteiger partial charge is 0.173 e. The Morgan fingerprint density at radius 3 is 2.09 bits per heavy atom. The number of hydrogen-bond acceptors (Lipinski definition) is 1. The van der Waals surface area contributed by atoms with Crippen LogP contribution >= 0.6 is 12.2 Å². The maximum Gasteiger partial charge on any atom is 0.173 e. The van der Waals surface area contributed by atoms with Crippen molar-refractivity contribution in [2.75, 3.05) is 5.32 Å². The van der Waals surface area contributed by atoms with Crippen LogP contribution in [-0.2, 0) is 6.54 Å². The maximum absolute atomic E-state index is 5.63. The summed E-state index contributed by atoms with van der Waals surface area (Å²) in [5.41, 5.74) is 3.64. The third-order valence-corrected chi connectivity index (χ3v) is 4.25. The van der Waals surface area contributed by atoms with E-state index in [-0.39, 0.29) is 0 Å². The van der Waals surface area contributed by atoms with E-state index in [1.807, 2.05) is 6.07 Å². The second-order valence-corrected chi connectivity index (χ2v) is 6.80. The second kappa shape index (κ2) is 8.11. The van der Waals surface area contributed by atoms with Crippen molar-refractivity contribution < 1.29 is 0 Å².